The maximum atomic E-state index is 11.8. The van der Waals surface area contributed by atoms with Crippen LogP contribution in [0.5, 0.6) is 0 Å². The van der Waals surface area contributed by atoms with Gasteiger partial charge in [0.05, 0.1) is 24.1 Å². The highest BCUT2D eigenvalue weighted by atomic mass is 16.5. The zero-order valence-corrected chi connectivity index (χ0v) is 11.0. The fourth-order valence-corrected chi connectivity index (χ4v) is 1.73. The minimum atomic E-state index is -1.28. The van der Waals surface area contributed by atoms with Crippen molar-refractivity contribution in [2.24, 2.45) is 0 Å². The number of hydrogen-bond donors (Lipinski definition) is 4. The number of hydrogen-bond acceptors (Lipinski definition) is 8. The molecule has 0 saturated carbocycles. The van der Waals surface area contributed by atoms with Crippen molar-refractivity contribution in [3.63, 3.8) is 0 Å². The SMILES string of the molecule is COCc1nc2nc(N)[nH]c(=O)c2nc1C(O)C(C)O. The number of nitrogen functional groups attached to an aromatic ring is 1. The van der Waals surface area contributed by atoms with Crippen molar-refractivity contribution in [2.45, 2.75) is 25.7 Å². The molecule has 0 aromatic carbocycles. The third-order valence-corrected chi connectivity index (χ3v) is 2.68. The van der Waals surface area contributed by atoms with Gasteiger partial charge in [-0.1, -0.05) is 0 Å². The number of aliphatic hydroxyl groups is 2. The summed E-state index contributed by atoms with van der Waals surface area (Å²) < 4.78 is 4.97. The Morgan fingerprint density at radius 3 is 2.65 bits per heavy atom. The Labute approximate surface area is 113 Å². The molecule has 0 aliphatic heterocycles. The van der Waals surface area contributed by atoms with Crippen molar-refractivity contribution in [3.8, 4) is 0 Å². The predicted octanol–water partition coefficient (Wildman–Crippen LogP) is -1.14. The molecule has 2 rings (SSSR count). The number of aliphatic hydroxyl groups excluding tert-OH is 2. The molecule has 2 atom stereocenters. The van der Waals surface area contributed by atoms with E-state index in [1.807, 2.05) is 0 Å². The maximum Gasteiger partial charge on any atom is 0.280 e. The van der Waals surface area contributed by atoms with Crippen LogP contribution in [0.15, 0.2) is 4.79 Å². The maximum absolute atomic E-state index is 11.8. The number of aromatic nitrogens is 4. The third kappa shape index (κ3) is 2.59. The minimum Gasteiger partial charge on any atom is -0.390 e. The molecule has 0 spiro atoms. The first-order chi connectivity index (χ1) is 9.43. The fraction of sp³-hybridized carbons (Fsp3) is 0.455. The molecule has 2 unspecified atom stereocenters. The van der Waals surface area contributed by atoms with Crippen molar-refractivity contribution in [1.29, 1.82) is 0 Å². The molecule has 108 valence electrons. The topological polar surface area (TPSA) is 147 Å². The number of methoxy groups -OCH3 is 1. The van der Waals surface area contributed by atoms with Gasteiger partial charge < -0.3 is 20.7 Å². The van der Waals surface area contributed by atoms with E-state index in [-0.39, 0.29) is 35.1 Å². The average Bonchev–Trinajstić information content (AvgIpc) is 2.37. The summed E-state index contributed by atoms with van der Waals surface area (Å²) in [4.78, 5) is 26.1. The summed E-state index contributed by atoms with van der Waals surface area (Å²) in [5.74, 6) is -0.0796. The lowest BCUT2D eigenvalue weighted by Gasteiger charge is -2.16. The Bertz CT molecular complexity index is 684. The first kappa shape index (κ1) is 14.3. The van der Waals surface area contributed by atoms with E-state index in [4.69, 9.17) is 10.5 Å². The average molecular weight is 281 g/mol. The molecule has 5 N–H and O–H groups in total. The van der Waals surface area contributed by atoms with Gasteiger partial charge in [-0.05, 0) is 6.92 Å². The first-order valence-electron chi connectivity index (χ1n) is 5.85. The molecule has 0 bridgehead atoms. The zero-order valence-electron chi connectivity index (χ0n) is 11.0. The van der Waals surface area contributed by atoms with Crippen LogP contribution in [0.25, 0.3) is 11.2 Å². The molecule has 0 fully saturated rings. The van der Waals surface area contributed by atoms with Crippen LogP contribution in [0, 0.1) is 0 Å². The summed E-state index contributed by atoms with van der Waals surface area (Å²) in [7, 11) is 1.45. The lowest BCUT2D eigenvalue weighted by atomic mass is 10.1. The lowest BCUT2D eigenvalue weighted by molar-refractivity contribution is 0.0258. The van der Waals surface area contributed by atoms with E-state index in [2.05, 4.69) is 19.9 Å². The van der Waals surface area contributed by atoms with Crippen molar-refractivity contribution < 1.29 is 14.9 Å². The summed E-state index contributed by atoms with van der Waals surface area (Å²) in [5, 5.41) is 19.4. The van der Waals surface area contributed by atoms with E-state index in [1.54, 1.807) is 0 Å². The van der Waals surface area contributed by atoms with Gasteiger partial charge >= 0.3 is 0 Å². The molecule has 20 heavy (non-hydrogen) atoms. The summed E-state index contributed by atoms with van der Waals surface area (Å²) in [6.45, 7) is 1.45. The summed E-state index contributed by atoms with van der Waals surface area (Å²) in [5.41, 5.74) is 5.23. The van der Waals surface area contributed by atoms with Crippen LogP contribution in [0.4, 0.5) is 5.95 Å². The monoisotopic (exact) mass is 281 g/mol. The molecule has 0 aliphatic carbocycles. The normalized spacial score (nSPS) is 14.4. The van der Waals surface area contributed by atoms with Crippen LogP contribution >= 0.6 is 0 Å². The highest BCUT2D eigenvalue weighted by Gasteiger charge is 2.22. The van der Waals surface area contributed by atoms with Crippen LogP contribution < -0.4 is 11.3 Å². The molecule has 2 aromatic heterocycles. The van der Waals surface area contributed by atoms with Crippen LogP contribution in [-0.2, 0) is 11.3 Å². The number of fused-ring (bicyclic) bond motifs is 1. The van der Waals surface area contributed by atoms with Crippen LogP contribution in [0.2, 0.25) is 0 Å². The molecule has 0 amide bonds. The largest absolute Gasteiger partial charge is 0.390 e. The van der Waals surface area contributed by atoms with E-state index in [0.29, 0.717) is 0 Å². The van der Waals surface area contributed by atoms with E-state index in [1.165, 1.54) is 14.0 Å². The fourth-order valence-electron chi connectivity index (χ4n) is 1.73. The van der Waals surface area contributed by atoms with Crippen LogP contribution in [0.3, 0.4) is 0 Å². The molecule has 0 aliphatic rings. The van der Waals surface area contributed by atoms with Gasteiger partial charge in [0.15, 0.2) is 11.2 Å². The van der Waals surface area contributed by atoms with E-state index >= 15 is 0 Å². The molecular weight excluding hydrogens is 266 g/mol. The van der Waals surface area contributed by atoms with Crippen LogP contribution in [0.1, 0.15) is 24.4 Å². The molecular formula is C11H15N5O4. The second kappa shape index (κ2) is 5.49. The number of ether oxygens (including phenoxy) is 1. The summed E-state index contributed by atoms with van der Waals surface area (Å²) in [6, 6.07) is 0. The summed E-state index contributed by atoms with van der Waals surface area (Å²) >= 11 is 0. The Balaban J connectivity index is 2.72. The van der Waals surface area contributed by atoms with Gasteiger partial charge in [-0.3, -0.25) is 9.78 Å². The number of nitrogens with zero attached hydrogens (tertiary/aromatic N) is 3. The van der Waals surface area contributed by atoms with Gasteiger partial charge in [0.1, 0.15) is 6.10 Å². The molecule has 0 radical (unpaired) electrons. The van der Waals surface area contributed by atoms with Crippen molar-refractivity contribution in [2.75, 3.05) is 12.8 Å². The molecule has 0 saturated heterocycles. The molecule has 9 heteroatoms. The first-order valence-corrected chi connectivity index (χ1v) is 5.85. The smallest absolute Gasteiger partial charge is 0.280 e. The van der Waals surface area contributed by atoms with Gasteiger partial charge in [-0.15, -0.1) is 0 Å². The third-order valence-electron chi connectivity index (χ3n) is 2.68. The Morgan fingerprint density at radius 1 is 1.35 bits per heavy atom. The highest BCUT2D eigenvalue weighted by Crippen LogP contribution is 2.20. The van der Waals surface area contributed by atoms with Gasteiger partial charge in [0, 0.05) is 7.11 Å². The zero-order chi connectivity index (χ0) is 14.9. The number of rotatable bonds is 4. The quantitative estimate of drug-likeness (QED) is 0.549. The van der Waals surface area contributed by atoms with E-state index in [9.17, 15) is 15.0 Å². The lowest BCUT2D eigenvalue weighted by Crippen LogP contribution is -2.21. The van der Waals surface area contributed by atoms with Crippen LogP contribution in [-0.4, -0.2) is 43.4 Å². The molecule has 9 nitrogen and oxygen atoms in total. The van der Waals surface area contributed by atoms with E-state index in [0.717, 1.165) is 0 Å². The van der Waals surface area contributed by atoms with Gasteiger partial charge in [-0.2, -0.15) is 4.98 Å². The Hall–Kier alpha value is -2.10. The second-order valence-electron chi connectivity index (χ2n) is 4.30. The standard InChI is InChI=1S/C11H15N5O4/c1-4(17)8(18)6-5(3-20-2)13-9-7(14-6)10(19)16-11(12)15-9/h4,8,17-18H,3H2,1-2H3,(H3,12,13,15,16,19). The van der Waals surface area contributed by atoms with Crippen molar-refractivity contribution in [3.05, 3.63) is 21.7 Å². The Kier molecular flexibility index (Phi) is 3.93. The minimum absolute atomic E-state index is 0.0520. The van der Waals surface area contributed by atoms with Gasteiger partial charge in [0.2, 0.25) is 5.95 Å². The predicted molar refractivity (Wildman–Crippen MR) is 69.7 cm³/mol. The number of aromatic amines is 1. The number of H-pyrrole nitrogens is 1. The van der Waals surface area contributed by atoms with Crippen molar-refractivity contribution in [1.82, 2.24) is 19.9 Å². The van der Waals surface area contributed by atoms with Gasteiger partial charge in [0.25, 0.3) is 5.56 Å². The van der Waals surface area contributed by atoms with E-state index < -0.39 is 17.8 Å². The summed E-state index contributed by atoms with van der Waals surface area (Å²) in [6.07, 6.45) is -2.35. The molecule has 2 heterocycles. The Morgan fingerprint density at radius 2 is 2.05 bits per heavy atom. The number of nitrogens with one attached hydrogen (secondary N) is 1. The van der Waals surface area contributed by atoms with Crippen molar-refractivity contribution >= 4 is 17.1 Å². The molecule has 2 aromatic rings. The second-order valence-corrected chi connectivity index (χ2v) is 4.30. The number of anilines is 1. The van der Waals surface area contributed by atoms with Gasteiger partial charge in [-0.25, -0.2) is 9.97 Å². The number of nitrogens with two attached hydrogens (primary N) is 1. The highest BCUT2D eigenvalue weighted by molar-refractivity contribution is 5.69.